The summed E-state index contributed by atoms with van der Waals surface area (Å²) in [7, 11) is 0. The number of hydrogen-bond acceptors (Lipinski definition) is 2. The highest BCUT2D eigenvalue weighted by atomic mass is 16.3. The lowest BCUT2D eigenvalue weighted by atomic mass is 9.65. The Balaban J connectivity index is 1.90. The molecule has 4 heteroatoms. The fourth-order valence-electron chi connectivity index (χ4n) is 1.74. The summed E-state index contributed by atoms with van der Waals surface area (Å²) < 4.78 is 0. The minimum atomic E-state index is -0.232. The lowest BCUT2D eigenvalue weighted by molar-refractivity contribution is -0.0577. The van der Waals surface area contributed by atoms with Crippen molar-refractivity contribution in [3.8, 4) is 0 Å². The van der Waals surface area contributed by atoms with Crippen molar-refractivity contribution in [3.63, 3.8) is 0 Å². The zero-order chi connectivity index (χ0) is 10.3. The quantitative estimate of drug-likeness (QED) is 0.438. The average molecular weight is 197 g/mol. The normalized spacial score (nSPS) is 36.4. The topological polar surface area (TPSA) is 70.6 Å². The maximum Gasteiger partial charge on any atom is 0.189 e. The molecule has 4 nitrogen and oxygen atoms in total. The van der Waals surface area contributed by atoms with Crippen LogP contribution >= 0.6 is 0 Å². The summed E-state index contributed by atoms with van der Waals surface area (Å²) in [6.45, 7) is 4.06. The number of aliphatic hydroxyl groups excluding tert-OH is 1. The second-order valence-corrected chi connectivity index (χ2v) is 5.02. The maximum atomic E-state index is 9.52. The van der Waals surface area contributed by atoms with Crippen LogP contribution in [-0.2, 0) is 0 Å². The van der Waals surface area contributed by atoms with Crippen LogP contribution in [0.1, 0.15) is 33.1 Å². The molecule has 0 spiro atoms. The number of nitrogens with zero attached hydrogens (tertiary/aromatic N) is 1. The highest BCUT2D eigenvalue weighted by Gasteiger charge is 2.47. The van der Waals surface area contributed by atoms with E-state index in [9.17, 15) is 5.11 Å². The Hall–Kier alpha value is -0.770. The van der Waals surface area contributed by atoms with Gasteiger partial charge in [0.05, 0.1) is 12.1 Å². The molecule has 0 heterocycles. The molecule has 0 aromatic heterocycles. The Morgan fingerprint density at radius 3 is 2.57 bits per heavy atom. The first-order chi connectivity index (χ1) is 6.50. The van der Waals surface area contributed by atoms with Gasteiger partial charge in [-0.15, -0.1) is 0 Å². The molecule has 2 unspecified atom stereocenters. The summed E-state index contributed by atoms with van der Waals surface area (Å²) in [5.41, 5.74) is 5.63. The zero-order valence-corrected chi connectivity index (χ0v) is 8.83. The lowest BCUT2D eigenvalue weighted by Gasteiger charge is -2.46. The number of guanidine groups is 1. The van der Waals surface area contributed by atoms with Crippen LogP contribution in [-0.4, -0.2) is 29.3 Å². The van der Waals surface area contributed by atoms with Crippen molar-refractivity contribution in [2.45, 2.75) is 51.3 Å². The Morgan fingerprint density at radius 1 is 1.50 bits per heavy atom. The predicted molar refractivity (Wildman–Crippen MR) is 56.0 cm³/mol. The van der Waals surface area contributed by atoms with E-state index < -0.39 is 0 Å². The second-order valence-electron chi connectivity index (χ2n) is 5.02. The van der Waals surface area contributed by atoms with Crippen molar-refractivity contribution in [1.82, 2.24) is 5.32 Å². The first-order valence-corrected chi connectivity index (χ1v) is 5.28. The SMILES string of the molecule is CC1(C)C(O)CC1N=C(N)NC1CC1. The Morgan fingerprint density at radius 2 is 2.14 bits per heavy atom. The highest BCUT2D eigenvalue weighted by molar-refractivity contribution is 5.78. The molecule has 0 amide bonds. The predicted octanol–water partition coefficient (Wildman–Crippen LogP) is 0.212. The molecule has 0 radical (unpaired) electrons. The van der Waals surface area contributed by atoms with Crippen LogP contribution in [0.25, 0.3) is 0 Å². The first-order valence-electron chi connectivity index (χ1n) is 5.28. The van der Waals surface area contributed by atoms with E-state index in [4.69, 9.17) is 5.73 Å². The average Bonchev–Trinajstić information content (AvgIpc) is 2.88. The molecule has 2 aliphatic carbocycles. The molecule has 80 valence electrons. The highest BCUT2D eigenvalue weighted by Crippen LogP contribution is 2.42. The molecule has 2 aliphatic rings. The fraction of sp³-hybridized carbons (Fsp3) is 0.900. The van der Waals surface area contributed by atoms with Crippen LogP contribution < -0.4 is 11.1 Å². The van der Waals surface area contributed by atoms with Gasteiger partial charge in [-0.05, 0) is 19.3 Å². The number of rotatable bonds is 2. The van der Waals surface area contributed by atoms with Crippen molar-refractivity contribution in [1.29, 1.82) is 0 Å². The zero-order valence-electron chi connectivity index (χ0n) is 8.83. The number of hydrogen-bond donors (Lipinski definition) is 3. The Kier molecular flexibility index (Phi) is 2.18. The third-order valence-corrected chi connectivity index (χ3v) is 3.39. The first kappa shape index (κ1) is 9.77. The van der Waals surface area contributed by atoms with Gasteiger partial charge in [0.15, 0.2) is 5.96 Å². The molecule has 0 saturated heterocycles. The maximum absolute atomic E-state index is 9.52. The minimum absolute atomic E-state index is 0.115. The fourth-order valence-corrected chi connectivity index (χ4v) is 1.74. The van der Waals surface area contributed by atoms with Gasteiger partial charge in [0.25, 0.3) is 0 Å². The standard InChI is InChI=1S/C10H19N3O/c1-10(2)7(5-8(10)14)13-9(11)12-6-3-4-6/h6-8,14H,3-5H2,1-2H3,(H3,11,12,13). The van der Waals surface area contributed by atoms with Crippen molar-refractivity contribution >= 4 is 5.96 Å². The molecule has 0 bridgehead atoms. The van der Waals surface area contributed by atoms with E-state index >= 15 is 0 Å². The van der Waals surface area contributed by atoms with Gasteiger partial charge >= 0.3 is 0 Å². The summed E-state index contributed by atoms with van der Waals surface area (Å²) in [6.07, 6.45) is 2.91. The van der Waals surface area contributed by atoms with E-state index in [1.807, 2.05) is 13.8 Å². The molecule has 2 rings (SSSR count). The summed E-state index contributed by atoms with van der Waals surface area (Å²) in [5.74, 6) is 0.539. The summed E-state index contributed by atoms with van der Waals surface area (Å²) in [4.78, 5) is 4.39. The van der Waals surface area contributed by atoms with Gasteiger partial charge in [0.2, 0.25) is 0 Å². The van der Waals surface area contributed by atoms with Gasteiger partial charge in [-0.2, -0.15) is 0 Å². The largest absolute Gasteiger partial charge is 0.392 e. The molecule has 0 aromatic rings. The van der Waals surface area contributed by atoms with E-state index in [0.717, 1.165) is 6.42 Å². The number of nitrogens with two attached hydrogens (primary N) is 1. The smallest absolute Gasteiger partial charge is 0.189 e. The van der Waals surface area contributed by atoms with E-state index in [1.54, 1.807) is 0 Å². The van der Waals surface area contributed by atoms with Gasteiger partial charge in [0, 0.05) is 11.5 Å². The molecule has 2 fully saturated rings. The number of aliphatic imine (C=N–C) groups is 1. The van der Waals surface area contributed by atoms with E-state index in [0.29, 0.717) is 12.0 Å². The van der Waals surface area contributed by atoms with Gasteiger partial charge in [-0.3, -0.25) is 0 Å². The van der Waals surface area contributed by atoms with Crippen LogP contribution in [0.15, 0.2) is 4.99 Å². The molecule has 0 aromatic carbocycles. The monoisotopic (exact) mass is 197 g/mol. The molecule has 2 saturated carbocycles. The van der Waals surface area contributed by atoms with Crippen molar-refractivity contribution in [2.24, 2.45) is 16.1 Å². The van der Waals surface area contributed by atoms with Gasteiger partial charge in [-0.1, -0.05) is 13.8 Å². The lowest BCUT2D eigenvalue weighted by Crippen LogP contribution is -2.53. The van der Waals surface area contributed by atoms with E-state index in [-0.39, 0.29) is 17.6 Å². The van der Waals surface area contributed by atoms with Crippen molar-refractivity contribution < 1.29 is 5.11 Å². The Bertz CT molecular complexity index is 258. The van der Waals surface area contributed by atoms with Gasteiger partial charge < -0.3 is 16.2 Å². The van der Waals surface area contributed by atoms with Gasteiger partial charge in [-0.25, -0.2) is 4.99 Å². The van der Waals surface area contributed by atoms with Crippen LogP contribution in [0.2, 0.25) is 0 Å². The van der Waals surface area contributed by atoms with Crippen LogP contribution in [0.4, 0.5) is 0 Å². The molecule has 4 N–H and O–H groups in total. The number of aliphatic hydroxyl groups is 1. The molecule has 14 heavy (non-hydrogen) atoms. The van der Waals surface area contributed by atoms with Crippen LogP contribution in [0, 0.1) is 5.41 Å². The molecule has 2 atom stereocenters. The number of nitrogens with one attached hydrogen (secondary N) is 1. The molecular formula is C10H19N3O. The van der Waals surface area contributed by atoms with Gasteiger partial charge in [0.1, 0.15) is 0 Å². The molecule has 0 aliphatic heterocycles. The third kappa shape index (κ3) is 1.71. The van der Waals surface area contributed by atoms with Crippen molar-refractivity contribution in [2.75, 3.05) is 0 Å². The summed E-state index contributed by atoms with van der Waals surface area (Å²) in [6, 6.07) is 0.718. The van der Waals surface area contributed by atoms with Crippen LogP contribution in [0.3, 0.4) is 0 Å². The minimum Gasteiger partial charge on any atom is -0.392 e. The Labute approximate surface area is 84.6 Å². The van der Waals surface area contributed by atoms with E-state index in [1.165, 1.54) is 12.8 Å². The van der Waals surface area contributed by atoms with Crippen LogP contribution in [0.5, 0.6) is 0 Å². The summed E-state index contributed by atoms with van der Waals surface area (Å²) in [5, 5.41) is 12.7. The van der Waals surface area contributed by atoms with E-state index in [2.05, 4.69) is 10.3 Å². The molecular weight excluding hydrogens is 178 g/mol. The third-order valence-electron chi connectivity index (χ3n) is 3.39. The van der Waals surface area contributed by atoms with Crippen molar-refractivity contribution in [3.05, 3.63) is 0 Å². The summed E-state index contributed by atoms with van der Waals surface area (Å²) >= 11 is 0. The second kappa shape index (κ2) is 3.12.